The maximum atomic E-state index is 14.1. The molecule has 1 aliphatic heterocycles. The normalized spacial score (nSPS) is 16.4. The Labute approximate surface area is 153 Å². The van der Waals surface area contributed by atoms with Gasteiger partial charge in [-0.2, -0.15) is 0 Å². The fourth-order valence-electron chi connectivity index (χ4n) is 2.57. The van der Waals surface area contributed by atoms with Gasteiger partial charge < -0.3 is 0 Å². The molecule has 25 heavy (non-hydrogen) atoms. The zero-order chi connectivity index (χ0) is 18.2. The van der Waals surface area contributed by atoms with Crippen LogP contribution in [0.15, 0.2) is 64.8 Å². The van der Waals surface area contributed by atoms with Crippen molar-refractivity contribution in [2.45, 2.75) is 13.5 Å². The maximum Gasteiger partial charge on any atom is 0.264 e. The SMILES string of the molecule is CC1=CC=C(c2ccccc2)S(=O)(=O)N1Cc1cc(F)c(Br)cc1F. The molecule has 0 bridgehead atoms. The first-order valence-corrected chi connectivity index (χ1v) is 9.64. The van der Waals surface area contributed by atoms with E-state index < -0.39 is 21.7 Å². The summed E-state index contributed by atoms with van der Waals surface area (Å²) in [4.78, 5) is 0.122. The van der Waals surface area contributed by atoms with E-state index in [4.69, 9.17) is 0 Å². The lowest BCUT2D eigenvalue weighted by atomic mass is 10.2. The second-order valence-electron chi connectivity index (χ2n) is 5.57. The molecule has 0 saturated heterocycles. The Morgan fingerprint density at radius 3 is 2.40 bits per heavy atom. The topological polar surface area (TPSA) is 37.4 Å². The first-order valence-electron chi connectivity index (χ1n) is 7.41. The summed E-state index contributed by atoms with van der Waals surface area (Å²) in [5.41, 5.74) is 0.937. The van der Waals surface area contributed by atoms with Crippen LogP contribution in [0.25, 0.3) is 4.91 Å². The molecule has 0 spiro atoms. The van der Waals surface area contributed by atoms with Gasteiger partial charge in [-0.1, -0.05) is 30.3 Å². The van der Waals surface area contributed by atoms with Crippen LogP contribution in [0.5, 0.6) is 0 Å². The quantitative estimate of drug-likeness (QED) is 0.661. The Morgan fingerprint density at radius 1 is 1.04 bits per heavy atom. The van der Waals surface area contributed by atoms with E-state index in [1.54, 1.807) is 43.3 Å². The Hall–Kier alpha value is -1.99. The lowest BCUT2D eigenvalue weighted by Crippen LogP contribution is -2.31. The van der Waals surface area contributed by atoms with Crippen molar-refractivity contribution in [1.82, 2.24) is 4.31 Å². The third-order valence-electron chi connectivity index (χ3n) is 3.90. The summed E-state index contributed by atoms with van der Waals surface area (Å²) in [6.45, 7) is 1.33. The largest absolute Gasteiger partial charge is 0.266 e. The number of halogens is 3. The zero-order valence-corrected chi connectivity index (χ0v) is 15.6. The molecule has 0 aliphatic carbocycles. The molecule has 3 nitrogen and oxygen atoms in total. The molecule has 3 rings (SSSR count). The highest BCUT2D eigenvalue weighted by atomic mass is 79.9. The van der Waals surface area contributed by atoms with Gasteiger partial charge in [-0.25, -0.2) is 17.2 Å². The van der Waals surface area contributed by atoms with E-state index in [-0.39, 0.29) is 21.5 Å². The van der Waals surface area contributed by atoms with E-state index >= 15 is 0 Å². The van der Waals surface area contributed by atoms with Gasteiger partial charge in [0.2, 0.25) is 0 Å². The van der Waals surface area contributed by atoms with E-state index in [2.05, 4.69) is 15.9 Å². The number of allylic oxidation sites excluding steroid dienone is 3. The summed E-state index contributed by atoms with van der Waals surface area (Å²) < 4.78 is 54.9. The van der Waals surface area contributed by atoms with Crippen molar-refractivity contribution in [1.29, 1.82) is 0 Å². The number of benzene rings is 2. The number of sulfonamides is 1. The molecule has 0 aromatic heterocycles. The third kappa shape index (κ3) is 3.39. The fourth-order valence-corrected chi connectivity index (χ4v) is 4.55. The second-order valence-corrected chi connectivity index (χ2v) is 8.26. The zero-order valence-electron chi connectivity index (χ0n) is 13.2. The van der Waals surface area contributed by atoms with Gasteiger partial charge >= 0.3 is 0 Å². The minimum absolute atomic E-state index is 0.00705. The van der Waals surface area contributed by atoms with E-state index in [0.717, 1.165) is 16.4 Å². The van der Waals surface area contributed by atoms with Crippen LogP contribution in [0, 0.1) is 11.6 Å². The monoisotopic (exact) mass is 425 g/mol. The molecule has 2 aromatic rings. The molecular formula is C18H14BrF2NO2S. The fraction of sp³-hybridized carbons (Fsp3) is 0.111. The van der Waals surface area contributed by atoms with Crippen LogP contribution in [-0.4, -0.2) is 12.7 Å². The van der Waals surface area contributed by atoms with Gasteiger partial charge in [0.05, 0.1) is 15.9 Å². The molecule has 0 radical (unpaired) electrons. The molecule has 2 aromatic carbocycles. The highest BCUT2D eigenvalue weighted by Crippen LogP contribution is 2.33. The first-order chi connectivity index (χ1) is 11.8. The van der Waals surface area contributed by atoms with Crippen molar-refractivity contribution < 1.29 is 17.2 Å². The van der Waals surface area contributed by atoms with Crippen molar-refractivity contribution in [2.24, 2.45) is 0 Å². The molecule has 0 amide bonds. The number of hydrogen-bond acceptors (Lipinski definition) is 2. The molecule has 0 atom stereocenters. The minimum Gasteiger partial charge on any atom is -0.266 e. The van der Waals surface area contributed by atoms with Crippen LogP contribution in [0.4, 0.5) is 8.78 Å². The average Bonchev–Trinajstić information content (AvgIpc) is 2.56. The van der Waals surface area contributed by atoms with E-state index in [1.807, 2.05) is 0 Å². The maximum absolute atomic E-state index is 14.1. The lowest BCUT2D eigenvalue weighted by molar-refractivity contribution is 0.466. The highest BCUT2D eigenvalue weighted by Gasteiger charge is 2.31. The van der Waals surface area contributed by atoms with Gasteiger partial charge in [-0.05, 0) is 52.7 Å². The highest BCUT2D eigenvalue weighted by molar-refractivity contribution is 9.10. The Morgan fingerprint density at radius 2 is 1.72 bits per heavy atom. The minimum atomic E-state index is -3.88. The Balaban J connectivity index is 2.02. The van der Waals surface area contributed by atoms with E-state index in [0.29, 0.717) is 11.3 Å². The molecule has 130 valence electrons. The Kier molecular flexibility index (Phi) is 4.79. The van der Waals surface area contributed by atoms with Gasteiger partial charge in [-0.3, -0.25) is 4.31 Å². The molecule has 7 heteroatoms. The number of hydrogen-bond donors (Lipinski definition) is 0. The smallest absolute Gasteiger partial charge is 0.264 e. The molecular weight excluding hydrogens is 412 g/mol. The van der Waals surface area contributed by atoms with Crippen LogP contribution < -0.4 is 0 Å². The summed E-state index contributed by atoms with van der Waals surface area (Å²) in [6.07, 6.45) is 3.17. The predicted octanol–water partition coefficient (Wildman–Crippen LogP) is 4.82. The van der Waals surface area contributed by atoms with E-state index in [1.165, 1.54) is 6.08 Å². The molecule has 0 fully saturated rings. The molecule has 0 saturated carbocycles. The van der Waals surface area contributed by atoms with Crippen molar-refractivity contribution in [3.63, 3.8) is 0 Å². The standard InChI is InChI=1S/C18H14BrF2NO2S/c1-12-7-8-18(13-5-3-2-4-6-13)25(23,24)22(12)11-14-9-17(21)15(19)10-16(14)20/h2-10H,11H2,1H3. The van der Waals surface area contributed by atoms with Crippen LogP contribution >= 0.6 is 15.9 Å². The first kappa shape index (κ1) is 17.8. The van der Waals surface area contributed by atoms with Gasteiger partial charge in [0.1, 0.15) is 11.6 Å². The van der Waals surface area contributed by atoms with Gasteiger partial charge in [0.15, 0.2) is 0 Å². The van der Waals surface area contributed by atoms with E-state index in [9.17, 15) is 17.2 Å². The summed E-state index contributed by atoms with van der Waals surface area (Å²) in [7, 11) is -3.88. The van der Waals surface area contributed by atoms with Crippen LogP contribution in [-0.2, 0) is 16.6 Å². The van der Waals surface area contributed by atoms with Crippen molar-refractivity contribution in [2.75, 3.05) is 0 Å². The molecule has 1 heterocycles. The summed E-state index contributed by atoms with van der Waals surface area (Å²) in [5.74, 6) is -1.32. The van der Waals surface area contributed by atoms with Crippen LogP contribution in [0.2, 0.25) is 0 Å². The molecule has 0 unspecified atom stereocenters. The van der Waals surface area contributed by atoms with Crippen LogP contribution in [0.1, 0.15) is 18.1 Å². The molecule has 1 aliphatic rings. The van der Waals surface area contributed by atoms with Gasteiger partial charge in [0, 0.05) is 11.3 Å². The van der Waals surface area contributed by atoms with Gasteiger partial charge in [0.25, 0.3) is 10.0 Å². The van der Waals surface area contributed by atoms with Crippen molar-refractivity contribution in [3.05, 3.63) is 87.5 Å². The summed E-state index contributed by atoms with van der Waals surface area (Å²) >= 11 is 2.91. The number of nitrogens with zero attached hydrogens (tertiary/aromatic N) is 1. The Bertz CT molecular complexity index is 986. The summed E-state index contributed by atoms with van der Waals surface area (Å²) in [5, 5.41) is 0. The van der Waals surface area contributed by atoms with Crippen molar-refractivity contribution >= 4 is 30.9 Å². The second kappa shape index (κ2) is 6.72. The molecule has 0 N–H and O–H groups in total. The average molecular weight is 426 g/mol. The van der Waals surface area contributed by atoms with Gasteiger partial charge in [-0.15, -0.1) is 0 Å². The number of rotatable bonds is 3. The predicted molar refractivity (Wildman–Crippen MR) is 96.7 cm³/mol. The lowest BCUT2D eigenvalue weighted by Gasteiger charge is -2.29. The third-order valence-corrected chi connectivity index (χ3v) is 6.43. The van der Waals surface area contributed by atoms with Crippen molar-refractivity contribution in [3.8, 4) is 0 Å². The summed E-state index contributed by atoms with van der Waals surface area (Å²) in [6, 6.07) is 10.6. The van der Waals surface area contributed by atoms with Crippen LogP contribution in [0.3, 0.4) is 0 Å².